The minimum Gasteiger partial charge on any atom is -0.316 e. The van der Waals surface area contributed by atoms with Crippen LogP contribution in [-0.2, 0) is 0 Å². The van der Waals surface area contributed by atoms with Crippen molar-refractivity contribution in [2.75, 3.05) is 7.05 Å². The molecule has 0 spiro atoms. The van der Waals surface area contributed by atoms with Crippen LogP contribution in [0.4, 0.5) is 26.3 Å². The van der Waals surface area contributed by atoms with Gasteiger partial charge in [-0.2, -0.15) is 26.3 Å². The molecule has 0 fully saturated rings. The number of hydrogen-bond donors (Lipinski definition) is 1. The van der Waals surface area contributed by atoms with Crippen LogP contribution in [0.5, 0.6) is 0 Å². The quantitative estimate of drug-likeness (QED) is 0.763. The van der Waals surface area contributed by atoms with Gasteiger partial charge in [0.15, 0.2) is 5.92 Å². The second kappa shape index (κ2) is 5.67. The lowest BCUT2D eigenvalue weighted by Gasteiger charge is -2.32. The number of hydrogen-bond acceptors (Lipinski definition) is 1. The average molecular weight is 279 g/mol. The van der Waals surface area contributed by atoms with Gasteiger partial charge in [-0.3, -0.25) is 0 Å². The summed E-state index contributed by atoms with van der Waals surface area (Å²) in [5.74, 6) is -3.32. The molecule has 18 heavy (non-hydrogen) atoms. The molecule has 0 aliphatic rings. The second-order valence-corrected chi connectivity index (χ2v) is 5.56. The monoisotopic (exact) mass is 279 g/mol. The first-order valence-corrected chi connectivity index (χ1v) is 5.60. The lowest BCUT2D eigenvalue weighted by molar-refractivity contribution is -0.292. The Balaban J connectivity index is 4.96. The minimum atomic E-state index is -5.29. The van der Waals surface area contributed by atoms with Crippen LogP contribution < -0.4 is 5.32 Å². The largest absolute Gasteiger partial charge is 0.401 e. The van der Waals surface area contributed by atoms with E-state index in [4.69, 9.17) is 0 Å². The maximum atomic E-state index is 12.5. The summed E-state index contributed by atoms with van der Waals surface area (Å²) in [7, 11) is 1.12. The Morgan fingerprint density at radius 3 is 1.50 bits per heavy atom. The molecule has 0 aromatic rings. The molecule has 110 valence electrons. The highest BCUT2D eigenvalue weighted by Gasteiger charge is 2.59. The maximum Gasteiger partial charge on any atom is 0.401 e. The fourth-order valence-corrected chi connectivity index (χ4v) is 1.71. The van der Waals surface area contributed by atoms with E-state index in [0.717, 1.165) is 7.05 Å². The molecule has 0 aromatic carbocycles. The molecule has 0 aliphatic carbocycles. The molecule has 0 saturated heterocycles. The Morgan fingerprint density at radius 1 is 0.889 bits per heavy atom. The normalized spacial score (nSPS) is 16.2. The third kappa shape index (κ3) is 5.93. The highest BCUT2D eigenvalue weighted by atomic mass is 19.4. The maximum absolute atomic E-state index is 12.5. The molecule has 0 amide bonds. The third-order valence-electron chi connectivity index (χ3n) is 2.68. The van der Waals surface area contributed by atoms with E-state index in [1.54, 1.807) is 20.8 Å². The zero-order chi connectivity index (χ0) is 14.8. The lowest BCUT2D eigenvalue weighted by Crippen LogP contribution is -2.50. The number of halogens is 6. The van der Waals surface area contributed by atoms with E-state index in [-0.39, 0.29) is 18.3 Å². The summed E-state index contributed by atoms with van der Waals surface area (Å²) in [6, 6.07) is -1.65. The summed E-state index contributed by atoms with van der Waals surface area (Å²) in [5.41, 5.74) is -0.309. The Kier molecular flexibility index (Phi) is 5.53. The molecule has 0 radical (unpaired) electrons. The molecule has 0 heterocycles. The first-order valence-electron chi connectivity index (χ1n) is 5.60. The van der Waals surface area contributed by atoms with Gasteiger partial charge in [0.05, 0.1) is 0 Å². The number of alkyl halides is 6. The van der Waals surface area contributed by atoms with E-state index < -0.39 is 24.3 Å². The summed E-state index contributed by atoms with van der Waals surface area (Å²) in [4.78, 5) is 0. The minimum absolute atomic E-state index is 0.177. The van der Waals surface area contributed by atoms with Crippen LogP contribution in [-0.4, -0.2) is 25.4 Å². The van der Waals surface area contributed by atoms with Crippen LogP contribution in [0.15, 0.2) is 0 Å². The summed E-state index contributed by atoms with van der Waals surface area (Å²) in [5, 5.41) is 2.15. The predicted octanol–water partition coefficient (Wildman–Crippen LogP) is 4.14. The van der Waals surface area contributed by atoms with Crippen LogP contribution in [0.3, 0.4) is 0 Å². The molecule has 0 rings (SSSR count). The van der Waals surface area contributed by atoms with E-state index in [0.29, 0.717) is 0 Å². The van der Waals surface area contributed by atoms with Crippen molar-refractivity contribution in [3.63, 3.8) is 0 Å². The van der Waals surface area contributed by atoms with Crippen LogP contribution in [0.25, 0.3) is 0 Å². The van der Waals surface area contributed by atoms with Gasteiger partial charge in [-0.05, 0) is 25.3 Å². The van der Waals surface area contributed by atoms with Crippen molar-refractivity contribution in [1.82, 2.24) is 5.32 Å². The molecule has 1 nitrogen and oxygen atoms in total. The molecule has 1 atom stereocenters. The van der Waals surface area contributed by atoms with Gasteiger partial charge in [0.2, 0.25) is 0 Å². The Hall–Kier alpha value is -0.460. The van der Waals surface area contributed by atoms with E-state index in [9.17, 15) is 26.3 Å². The van der Waals surface area contributed by atoms with Crippen molar-refractivity contribution in [3.8, 4) is 0 Å². The number of nitrogens with one attached hydrogen (secondary N) is 1. The van der Waals surface area contributed by atoms with Crippen LogP contribution in [0.1, 0.15) is 33.6 Å². The van der Waals surface area contributed by atoms with Crippen molar-refractivity contribution in [2.24, 2.45) is 11.3 Å². The van der Waals surface area contributed by atoms with Crippen molar-refractivity contribution in [3.05, 3.63) is 0 Å². The lowest BCUT2D eigenvalue weighted by atomic mass is 9.85. The molecule has 1 unspecified atom stereocenters. The smallest absolute Gasteiger partial charge is 0.316 e. The van der Waals surface area contributed by atoms with Crippen LogP contribution in [0.2, 0.25) is 0 Å². The molecule has 7 heteroatoms. The summed E-state index contributed by atoms with van der Waals surface area (Å²) in [6.07, 6.45) is -10.5. The fourth-order valence-electron chi connectivity index (χ4n) is 1.71. The van der Waals surface area contributed by atoms with E-state index in [1.807, 2.05) is 0 Å². The van der Waals surface area contributed by atoms with Gasteiger partial charge in [-0.1, -0.05) is 20.8 Å². The first kappa shape index (κ1) is 17.5. The predicted molar refractivity (Wildman–Crippen MR) is 57.1 cm³/mol. The topological polar surface area (TPSA) is 12.0 Å². The molecular formula is C11H19F6N. The summed E-state index contributed by atoms with van der Waals surface area (Å²) in [6.45, 7) is 5.32. The van der Waals surface area contributed by atoms with E-state index in [1.165, 1.54) is 0 Å². The standard InChI is InChI=1S/C11H19F6N/c1-9(2,3)6-5-7(18-4)8(10(12,13)14)11(15,16)17/h7-8,18H,5-6H2,1-4H3. The Morgan fingerprint density at radius 2 is 1.28 bits per heavy atom. The van der Waals surface area contributed by atoms with Crippen molar-refractivity contribution >= 4 is 0 Å². The zero-order valence-electron chi connectivity index (χ0n) is 10.8. The first-order chi connectivity index (χ1) is 7.79. The Bertz CT molecular complexity index is 236. The summed E-state index contributed by atoms with van der Waals surface area (Å²) >= 11 is 0. The fraction of sp³-hybridized carbons (Fsp3) is 1.00. The molecule has 0 saturated carbocycles. The highest BCUT2D eigenvalue weighted by Crippen LogP contribution is 2.42. The molecule has 0 aromatic heterocycles. The second-order valence-electron chi connectivity index (χ2n) is 5.56. The zero-order valence-corrected chi connectivity index (χ0v) is 10.8. The van der Waals surface area contributed by atoms with Gasteiger partial charge >= 0.3 is 12.4 Å². The van der Waals surface area contributed by atoms with Crippen molar-refractivity contribution < 1.29 is 26.3 Å². The Labute approximate surface area is 103 Å². The highest BCUT2D eigenvalue weighted by molar-refractivity contribution is 4.87. The van der Waals surface area contributed by atoms with Gasteiger partial charge in [-0.15, -0.1) is 0 Å². The number of rotatable bonds is 4. The van der Waals surface area contributed by atoms with E-state index in [2.05, 4.69) is 5.32 Å². The SMILES string of the molecule is CNC(CCC(C)(C)C)C(C(F)(F)F)C(F)(F)F. The van der Waals surface area contributed by atoms with Crippen LogP contribution >= 0.6 is 0 Å². The molecule has 1 N–H and O–H groups in total. The van der Waals surface area contributed by atoms with E-state index >= 15 is 0 Å². The van der Waals surface area contributed by atoms with Gasteiger partial charge in [-0.25, -0.2) is 0 Å². The average Bonchev–Trinajstić information content (AvgIpc) is 2.05. The molecule has 0 bridgehead atoms. The van der Waals surface area contributed by atoms with Crippen molar-refractivity contribution in [2.45, 2.75) is 52.0 Å². The van der Waals surface area contributed by atoms with Crippen LogP contribution in [0, 0.1) is 11.3 Å². The van der Waals surface area contributed by atoms with Gasteiger partial charge in [0.25, 0.3) is 0 Å². The van der Waals surface area contributed by atoms with Gasteiger partial charge in [0.1, 0.15) is 0 Å². The molecule has 0 aliphatic heterocycles. The van der Waals surface area contributed by atoms with Gasteiger partial charge < -0.3 is 5.32 Å². The third-order valence-corrected chi connectivity index (χ3v) is 2.68. The summed E-state index contributed by atoms with van der Waals surface area (Å²) < 4.78 is 75.1. The van der Waals surface area contributed by atoms with Gasteiger partial charge in [0, 0.05) is 6.04 Å². The molecular weight excluding hydrogens is 260 g/mol. The van der Waals surface area contributed by atoms with Crippen molar-refractivity contribution in [1.29, 1.82) is 0 Å².